The molecule has 0 bridgehead atoms. The van der Waals surface area contributed by atoms with E-state index < -0.39 is 4.92 Å². The summed E-state index contributed by atoms with van der Waals surface area (Å²) < 4.78 is 0. The Labute approximate surface area is 157 Å². The Hall–Kier alpha value is -2.15. The van der Waals surface area contributed by atoms with Crippen LogP contribution in [-0.2, 0) is 4.79 Å². The maximum absolute atomic E-state index is 12.7. The molecule has 1 aromatic rings. The highest BCUT2D eigenvalue weighted by Crippen LogP contribution is 2.27. The molecule has 1 aromatic carbocycles. The molecule has 140 valence electrons. The van der Waals surface area contributed by atoms with Gasteiger partial charge in [0.2, 0.25) is 5.91 Å². The Balaban J connectivity index is 1.60. The molecule has 2 aliphatic heterocycles. The van der Waals surface area contributed by atoms with Gasteiger partial charge in [-0.3, -0.25) is 19.7 Å². The molecular weight excluding hydrogens is 358 g/mol. The summed E-state index contributed by atoms with van der Waals surface area (Å²) in [5.41, 5.74) is 0.121. The number of hydrogen-bond acceptors (Lipinski definition) is 4. The number of carbonyl (C=O) groups is 2. The van der Waals surface area contributed by atoms with Gasteiger partial charge in [0.15, 0.2) is 0 Å². The van der Waals surface area contributed by atoms with E-state index in [1.165, 1.54) is 24.6 Å². The summed E-state index contributed by atoms with van der Waals surface area (Å²) >= 11 is 6.06. The van der Waals surface area contributed by atoms with E-state index >= 15 is 0 Å². The monoisotopic (exact) mass is 379 g/mol. The van der Waals surface area contributed by atoms with Crippen LogP contribution in [0, 0.1) is 16.0 Å². The topological polar surface area (TPSA) is 83.8 Å². The van der Waals surface area contributed by atoms with Crippen molar-refractivity contribution < 1.29 is 14.5 Å². The van der Waals surface area contributed by atoms with Crippen LogP contribution >= 0.6 is 11.6 Å². The van der Waals surface area contributed by atoms with Crippen molar-refractivity contribution in [1.82, 2.24) is 9.80 Å². The molecule has 2 aliphatic rings. The second-order valence-corrected chi connectivity index (χ2v) is 7.28. The first-order valence-electron chi connectivity index (χ1n) is 8.99. The molecule has 2 saturated heterocycles. The molecule has 7 nitrogen and oxygen atoms in total. The average Bonchev–Trinajstić information content (AvgIpc) is 2.67. The predicted molar refractivity (Wildman–Crippen MR) is 97.2 cm³/mol. The number of benzene rings is 1. The van der Waals surface area contributed by atoms with Gasteiger partial charge in [0.1, 0.15) is 0 Å². The van der Waals surface area contributed by atoms with E-state index in [9.17, 15) is 19.7 Å². The average molecular weight is 380 g/mol. The maximum atomic E-state index is 12.7. The minimum atomic E-state index is -0.544. The van der Waals surface area contributed by atoms with Gasteiger partial charge < -0.3 is 9.80 Å². The fourth-order valence-corrected chi connectivity index (χ4v) is 3.92. The van der Waals surface area contributed by atoms with Gasteiger partial charge in [-0.05, 0) is 38.2 Å². The van der Waals surface area contributed by atoms with Crippen molar-refractivity contribution in [3.05, 3.63) is 38.9 Å². The highest BCUT2D eigenvalue weighted by atomic mass is 35.5. The van der Waals surface area contributed by atoms with Gasteiger partial charge in [-0.2, -0.15) is 0 Å². The first kappa shape index (κ1) is 18.6. The molecule has 2 heterocycles. The van der Waals surface area contributed by atoms with Crippen LogP contribution in [0.15, 0.2) is 18.2 Å². The van der Waals surface area contributed by atoms with Crippen molar-refractivity contribution >= 4 is 29.1 Å². The van der Waals surface area contributed by atoms with Crippen LogP contribution in [0.4, 0.5) is 5.69 Å². The molecule has 0 radical (unpaired) electrons. The molecule has 0 N–H and O–H groups in total. The molecule has 0 spiro atoms. The Morgan fingerprint density at radius 2 is 1.69 bits per heavy atom. The molecule has 0 atom stereocenters. The lowest BCUT2D eigenvalue weighted by molar-refractivity contribution is -0.384. The summed E-state index contributed by atoms with van der Waals surface area (Å²) in [5, 5.41) is 10.9. The van der Waals surface area contributed by atoms with Gasteiger partial charge in [-0.1, -0.05) is 11.6 Å². The van der Waals surface area contributed by atoms with Crippen LogP contribution in [0.25, 0.3) is 0 Å². The van der Waals surface area contributed by atoms with Crippen LogP contribution in [0.3, 0.4) is 0 Å². The molecule has 0 unspecified atom stereocenters. The van der Waals surface area contributed by atoms with E-state index in [4.69, 9.17) is 11.6 Å². The number of nitrogens with zero attached hydrogens (tertiary/aromatic N) is 3. The smallest absolute Gasteiger partial charge is 0.270 e. The fraction of sp³-hybridized carbons (Fsp3) is 0.556. The van der Waals surface area contributed by atoms with Crippen molar-refractivity contribution in [3.63, 3.8) is 0 Å². The van der Waals surface area contributed by atoms with Gasteiger partial charge in [0.25, 0.3) is 11.6 Å². The fourth-order valence-electron chi connectivity index (χ4n) is 3.66. The zero-order valence-corrected chi connectivity index (χ0v) is 15.3. The van der Waals surface area contributed by atoms with Gasteiger partial charge in [0, 0.05) is 44.2 Å². The van der Waals surface area contributed by atoms with E-state index in [1.807, 2.05) is 4.90 Å². The van der Waals surface area contributed by atoms with Crippen molar-refractivity contribution in [2.75, 3.05) is 26.2 Å². The normalized spacial score (nSPS) is 18.7. The van der Waals surface area contributed by atoms with Crippen molar-refractivity contribution in [2.45, 2.75) is 32.1 Å². The number of non-ortho nitro benzene ring substituents is 1. The van der Waals surface area contributed by atoms with Gasteiger partial charge in [-0.15, -0.1) is 0 Å². The second kappa shape index (κ2) is 8.03. The van der Waals surface area contributed by atoms with Crippen molar-refractivity contribution in [1.29, 1.82) is 0 Å². The van der Waals surface area contributed by atoms with E-state index in [-0.39, 0.29) is 34.0 Å². The number of hydrogen-bond donors (Lipinski definition) is 0. The summed E-state index contributed by atoms with van der Waals surface area (Å²) in [6, 6.07) is 3.88. The molecule has 8 heteroatoms. The maximum Gasteiger partial charge on any atom is 0.270 e. The Bertz CT molecular complexity index is 710. The van der Waals surface area contributed by atoms with Crippen molar-refractivity contribution in [3.8, 4) is 0 Å². The third-order valence-electron chi connectivity index (χ3n) is 5.19. The SMILES string of the molecule is O=C(c1ccc([N+](=O)[O-])cc1Cl)N1CCC(C(=O)N2CCCCC2)CC1. The lowest BCUT2D eigenvalue weighted by Gasteiger charge is -2.35. The predicted octanol–water partition coefficient (Wildman–Crippen LogP) is 3.11. The van der Waals surface area contributed by atoms with E-state index in [1.54, 1.807) is 4.90 Å². The quantitative estimate of drug-likeness (QED) is 0.596. The molecule has 3 rings (SSSR count). The number of amides is 2. The van der Waals surface area contributed by atoms with Gasteiger partial charge in [-0.25, -0.2) is 0 Å². The minimum absolute atomic E-state index is 0.0236. The van der Waals surface area contributed by atoms with Gasteiger partial charge in [0.05, 0.1) is 15.5 Å². The molecule has 2 amide bonds. The highest BCUT2D eigenvalue weighted by molar-refractivity contribution is 6.34. The first-order chi connectivity index (χ1) is 12.5. The van der Waals surface area contributed by atoms with E-state index in [0.29, 0.717) is 25.9 Å². The number of halogens is 1. The third-order valence-corrected chi connectivity index (χ3v) is 5.51. The largest absolute Gasteiger partial charge is 0.342 e. The van der Waals surface area contributed by atoms with Crippen LogP contribution in [0.5, 0.6) is 0 Å². The number of nitro benzene ring substituents is 1. The zero-order valence-electron chi connectivity index (χ0n) is 14.5. The standard InChI is InChI=1S/C18H22ClN3O4/c19-16-12-14(22(25)26)4-5-15(16)18(24)21-10-6-13(7-11-21)17(23)20-8-2-1-3-9-20/h4-5,12-13H,1-3,6-11H2. The summed E-state index contributed by atoms with van der Waals surface area (Å²) in [6.45, 7) is 2.68. The Kier molecular flexibility index (Phi) is 5.76. The first-order valence-corrected chi connectivity index (χ1v) is 9.37. The summed E-state index contributed by atoms with van der Waals surface area (Å²) in [6.07, 6.45) is 4.62. The number of carbonyl (C=O) groups excluding carboxylic acids is 2. The molecule has 26 heavy (non-hydrogen) atoms. The summed E-state index contributed by atoms with van der Waals surface area (Å²) in [7, 11) is 0. The number of rotatable bonds is 3. The lowest BCUT2D eigenvalue weighted by atomic mass is 9.94. The number of piperidine rings is 2. The van der Waals surface area contributed by atoms with Crippen LogP contribution in [0.1, 0.15) is 42.5 Å². The van der Waals surface area contributed by atoms with Crippen LogP contribution in [0.2, 0.25) is 5.02 Å². The molecular formula is C18H22ClN3O4. The third kappa shape index (κ3) is 3.98. The van der Waals surface area contributed by atoms with Crippen LogP contribution in [-0.4, -0.2) is 52.7 Å². The number of likely N-dealkylation sites (tertiary alicyclic amines) is 2. The van der Waals surface area contributed by atoms with Crippen LogP contribution < -0.4 is 0 Å². The molecule has 0 saturated carbocycles. The van der Waals surface area contributed by atoms with Crippen molar-refractivity contribution in [2.24, 2.45) is 5.92 Å². The molecule has 0 aromatic heterocycles. The van der Waals surface area contributed by atoms with Gasteiger partial charge >= 0.3 is 0 Å². The minimum Gasteiger partial charge on any atom is -0.342 e. The second-order valence-electron chi connectivity index (χ2n) is 6.87. The molecule has 0 aliphatic carbocycles. The highest BCUT2D eigenvalue weighted by Gasteiger charge is 2.31. The summed E-state index contributed by atoms with van der Waals surface area (Å²) in [4.78, 5) is 39.1. The summed E-state index contributed by atoms with van der Waals surface area (Å²) in [5.74, 6) is -0.0524. The molecule has 2 fully saturated rings. The van der Waals surface area contributed by atoms with E-state index in [0.717, 1.165) is 25.9 Å². The Morgan fingerprint density at radius 1 is 1.04 bits per heavy atom. The van der Waals surface area contributed by atoms with E-state index in [2.05, 4.69) is 0 Å². The lowest BCUT2D eigenvalue weighted by Crippen LogP contribution is -2.45. The number of nitro groups is 1. The zero-order chi connectivity index (χ0) is 18.7. The Morgan fingerprint density at radius 3 is 2.27 bits per heavy atom.